The molecule has 4 nitrogen and oxygen atoms in total. The number of carboxylic acid groups (broad SMARTS) is 1. The van der Waals surface area contributed by atoms with Gasteiger partial charge < -0.3 is 10.0 Å². The van der Waals surface area contributed by atoms with Gasteiger partial charge in [-0.25, -0.2) is 0 Å². The molecular weight excluding hydrogens is 218 g/mol. The highest BCUT2D eigenvalue weighted by Gasteiger charge is 2.22. The third-order valence-electron chi connectivity index (χ3n) is 2.68. The molecule has 0 bridgehead atoms. The predicted octanol–water partition coefficient (Wildman–Crippen LogP) is 2.07. The van der Waals surface area contributed by atoms with Crippen molar-refractivity contribution in [2.24, 2.45) is 0 Å². The third-order valence-corrected chi connectivity index (χ3v) is 2.68. The molecule has 92 valence electrons. The Labute approximate surface area is 101 Å². The fourth-order valence-electron chi connectivity index (χ4n) is 1.70. The first-order valence-corrected chi connectivity index (χ1v) is 5.62. The van der Waals surface area contributed by atoms with E-state index in [2.05, 4.69) is 0 Å². The maximum absolute atomic E-state index is 11.7. The first-order chi connectivity index (χ1) is 8.06. The second-order valence-corrected chi connectivity index (χ2v) is 3.86. The summed E-state index contributed by atoms with van der Waals surface area (Å²) < 4.78 is 0. The minimum Gasteiger partial charge on any atom is -0.480 e. The summed E-state index contributed by atoms with van der Waals surface area (Å²) in [4.78, 5) is 23.9. The molecule has 0 radical (unpaired) electrons. The van der Waals surface area contributed by atoms with E-state index in [1.54, 1.807) is 6.92 Å². The van der Waals surface area contributed by atoms with Gasteiger partial charge >= 0.3 is 5.97 Å². The molecule has 0 aliphatic heterocycles. The lowest BCUT2D eigenvalue weighted by Crippen LogP contribution is -2.37. The van der Waals surface area contributed by atoms with Crippen LogP contribution in [0.5, 0.6) is 0 Å². The largest absolute Gasteiger partial charge is 0.480 e. The molecule has 0 unspecified atom stereocenters. The van der Waals surface area contributed by atoms with Crippen molar-refractivity contribution in [3.05, 3.63) is 35.9 Å². The Balaban J connectivity index is 2.90. The van der Waals surface area contributed by atoms with E-state index in [1.165, 1.54) is 4.90 Å². The van der Waals surface area contributed by atoms with E-state index in [0.29, 0.717) is 6.42 Å². The first-order valence-electron chi connectivity index (χ1n) is 5.62. The van der Waals surface area contributed by atoms with Crippen LogP contribution in [0, 0.1) is 0 Å². The molecule has 0 aliphatic carbocycles. The average Bonchev–Trinajstić information content (AvgIpc) is 2.35. The van der Waals surface area contributed by atoms with Crippen LogP contribution in [0.15, 0.2) is 30.3 Å². The van der Waals surface area contributed by atoms with E-state index >= 15 is 0 Å². The van der Waals surface area contributed by atoms with Gasteiger partial charge in [0.05, 0.1) is 6.04 Å². The summed E-state index contributed by atoms with van der Waals surface area (Å²) in [7, 11) is 0. The van der Waals surface area contributed by atoms with Crippen molar-refractivity contribution in [3.63, 3.8) is 0 Å². The van der Waals surface area contributed by atoms with Crippen molar-refractivity contribution in [1.82, 2.24) is 4.90 Å². The SMILES string of the molecule is CCC(=O)N(CC(=O)O)[C@@H](C)c1ccccc1. The van der Waals surface area contributed by atoms with Gasteiger partial charge in [-0.2, -0.15) is 0 Å². The quantitative estimate of drug-likeness (QED) is 0.850. The Bertz CT molecular complexity index is 389. The molecule has 0 saturated heterocycles. The number of hydrogen-bond acceptors (Lipinski definition) is 2. The summed E-state index contributed by atoms with van der Waals surface area (Å²) in [6.45, 7) is 3.31. The highest BCUT2D eigenvalue weighted by Crippen LogP contribution is 2.20. The van der Waals surface area contributed by atoms with Gasteiger partial charge in [0.25, 0.3) is 0 Å². The van der Waals surface area contributed by atoms with Crippen LogP contribution in [-0.2, 0) is 9.59 Å². The van der Waals surface area contributed by atoms with E-state index < -0.39 is 5.97 Å². The van der Waals surface area contributed by atoms with Crippen LogP contribution in [0.2, 0.25) is 0 Å². The van der Waals surface area contributed by atoms with Gasteiger partial charge in [0, 0.05) is 6.42 Å². The van der Waals surface area contributed by atoms with Crippen molar-refractivity contribution in [1.29, 1.82) is 0 Å². The maximum Gasteiger partial charge on any atom is 0.323 e. The highest BCUT2D eigenvalue weighted by atomic mass is 16.4. The van der Waals surface area contributed by atoms with Crippen molar-refractivity contribution < 1.29 is 14.7 Å². The predicted molar refractivity (Wildman–Crippen MR) is 64.5 cm³/mol. The van der Waals surface area contributed by atoms with Crippen LogP contribution in [-0.4, -0.2) is 28.4 Å². The lowest BCUT2D eigenvalue weighted by atomic mass is 10.1. The summed E-state index contributed by atoms with van der Waals surface area (Å²) in [5.41, 5.74) is 0.940. The van der Waals surface area contributed by atoms with Crippen molar-refractivity contribution in [2.45, 2.75) is 26.3 Å². The molecule has 0 spiro atoms. The Morgan fingerprint density at radius 3 is 2.35 bits per heavy atom. The van der Waals surface area contributed by atoms with Crippen LogP contribution >= 0.6 is 0 Å². The molecule has 17 heavy (non-hydrogen) atoms. The van der Waals surface area contributed by atoms with E-state index in [4.69, 9.17) is 5.11 Å². The highest BCUT2D eigenvalue weighted by molar-refractivity contribution is 5.81. The number of hydrogen-bond donors (Lipinski definition) is 1. The minimum atomic E-state index is -0.991. The lowest BCUT2D eigenvalue weighted by molar-refractivity contribution is -0.146. The summed E-state index contributed by atoms with van der Waals surface area (Å²) in [6, 6.07) is 9.20. The van der Waals surface area contributed by atoms with Gasteiger partial charge in [0.15, 0.2) is 0 Å². The fraction of sp³-hybridized carbons (Fsp3) is 0.385. The summed E-state index contributed by atoms with van der Waals surface area (Å²) in [5.74, 6) is -1.14. The van der Waals surface area contributed by atoms with Crippen molar-refractivity contribution in [3.8, 4) is 0 Å². The van der Waals surface area contributed by atoms with Crippen LogP contribution in [0.4, 0.5) is 0 Å². The second-order valence-electron chi connectivity index (χ2n) is 3.86. The molecule has 1 aromatic carbocycles. The molecule has 1 amide bonds. The number of carboxylic acids is 1. The molecule has 1 aromatic rings. The number of rotatable bonds is 5. The number of carbonyl (C=O) groups is 2. The van der Waals surface area contributed by atoms with E-state index in [-0.39, 0.29) is 18.5 Å². The Morgan fingerprint density at radius 2 is 1.88 bits per heavy atom. The molecule has 1 atom stereocenters. The van der Waals surface area contributed by atoms with Crippen LogP contribution in [0.3, 0.4) is 0 Å². The monoisotopic (exact) mass is 235 g/mol. The van der Waals surface area contributed by atoms with Gasteiger partial charge in [-0.1, -0.05) is 37.3 Å². The Kier molecular flexibility index (Phi) is 4.69. The molecule has 0 aliphatic rings. The molecule has 1 N–H and O–H groups in total. The zero-order valence-electron chi connectivity index (χ0n) is 10.1. The van der Waals surface area contributed by atoms with Gasteiger partial charge in [-0.15, -0.1) is 0 Å². The second kappa shape index (κ2) is 6.03. The summed E-state index contributed by atoms with van der Waals surface area (Å²) in [6.07, 6.45) is 0.310. The number of aliphatic carboxylic acids is 1. The number of benzene rings is 1. The van der Waals surface area contributed by atoms with E-state index in [9.17, 15) is 9.59 Å². The smallest absolute Gasteiger partial charge is 0.323 e. The van der Waals surface area contributed by atoms with Crippen LogP contribution in [0.25, 0.3) is 0 Å². The third kappa shape index (κ3) is 3.59. The molecule has 0 heterocycles. The van der Waals surface area contributed by atoms with Crippen LogP contribution in [0.1, 0.15) is 31.9 Å². The van der Waals surface area contributed by atoms with Gasteiger partial charge in [0.2, 0.25) is 5.91 Å². The number of nitrogens with zero attached hydrogens (tertiary/aromatic N) is 1. The minimum absolute atomic E-state index is 0.149. The summed E-state index contributed by atoms with van der Waals surface area (Å²) >= 11 is 0. The zero-order valence-corrected chi connectivity index (χ0v) is 10.1. The van der Waals surface area contributed by atoms with Crippen LogP contribution < -0.4 is 0 Å². The maximum atomic E-state index is 11.7. The normalized spacial score (nSPS) is 11.9. The molecule has 4 heteroatoms. The van der Waals surface area contributed by atoms with Gasteiger partial charge in [0.1, 0.15) is 6.54 Å². The molecule has 0 aromatic heterocycles. The first kappa shape index (κ1) is 13.2. The van der Waals surface area contributed by atoms with Gasteiger partial charge in [-0.3, -0.25) is 9.59 Å². The average molecular weight is 235 g/mol. The van der Waals surface area contributed by atoms with E-state index in [1.807, 2.05) is 37.3 Å². The molecule has 0 saturated carbocycles. The van der Waals surface area contributed by atoms with E-state index in [0.717, 1.165) is 5.56 Å². The topological polar surface area (TPSA) is 57.6 Å². The Morgan fingerprint density at radius 1 is 1.29 bits per heavy atom. The Hall–Kier alpha value is -1.84. The fourth-order valence-corrected chi connectivity index (χ4v) is 1.70. The molecule has 1 rings (SSSR count). The van der Waals surface area contributed by atoms with Crippen molar-refractivity contribution in [2.75, 3.05) is 6.54 Å². The van der Waals surface area contributed by atoms with Gasteiger partial charge in [-0.05, 0) is 12.5 Å². The summed E-state index contributed by atoms with van der Waals surface area (Å²) in [5, 5.41) is 8.83. The zero-order chi connectivity index (χ0) is 12.8. The number of carbonyl (C=O) groups excluding carboxylic acids is 1. The lowest BCUT2D eigenvalue weighted by Gasteiger charge is -2.27. The standard InChI is InChI=1S/C13H17NO3/c1-3-12(15)14(9-13(16)17)10(2)11-7-5-4-6-8-11/h4-8,10H,3,9H2,1-2H3,(H,16,17)/t10-/m0/s1. The number of amides is 1. The molecular formula is C13H17NO3. The van der Waals surface area contributed by atoms with Crippen molar-refractivity contribution >= 4 is 11.9 Å². The molecule has 0 fully saturated rings.